The summed E-state index contributed by atoms with van der Waals surface area (Å²) in [5, 5.41) is 29.0. The number of halogens is 3. The lowest BCUT2D eigenvalue weighted by Gasteiger charge is -2.48. The largest absolute Gasteiger partial charge is 0.488 e. The van der Waals surface area contributed by atoms with Crippen LogP contribution in [0.3, 0.4) is 0 Å². The van der Waals surface area contributed by atoms with Gasteiger partial charge < -0.3 is 25.0 Å². The first-order valence-electron chi connectivity index (χ1n) is 11.4. The number of hydrogen-bond acceptors (Lipinski definition) is 4. The zero-order chi connectivity index (χ0) is 26.9. The first-order valence-corrected chi connectivity index (χ1v) is 11.4. The Morgan fingerprint density at radius 3 is 2.22 bits per heavy atom. The molecule has 0 aromatic heterocycles. The van der Waals surface area contributed by atoms with Crippen LogP contribution in [-0.4, -0.2) is 75.1 Å². The molecular formula is C25H23F3N2O7. The molecule has 2 aromatic rings. The van der Waals surface area contributed by atoms with Crippen molar-refractivity contribution in [2.75, 3.05) is 19.7 Å². The van der Waals surface area contributed by atoms with Gasteiger partial charge in [-0.25, -0.2) is 23.2 Å². The number of nitrogens with zero attached hydrogens (tertiary/aromatic N) is 2. The highest BCUT2D eigenvalue weighted by atomic mass is 19.2. The molecule has 0 saturated carbocycles. The van der Waals surface area contributed by atoms with Crippen molar-refractivity contribution in [3.63, 3.8) is 0 Å². The van der Waals surface area contributed by atoms with E-state index in [0.29, 0.717) is 30.0 Å². The van der Waals surface area contributed by atoms with Gasteiger partial charge in [-0.15, -0.1) is 0 Å². The fourth-order valence-corrected chi connectivity index (χ4v) is 4.86. The molecule has 2 heterocycles. The Bertz CT molecular complexity index is 1270. The minimum Gasteiger partial charge on any atom is -0.488 e. The SMILES string of the molecule is O=C(O)C1=C(c2ccc(CCCOc3c(F)ccc(F)c3F)cc2)CC2CN(C(=O)O)CC1N2C(=O)O. The molecule has 0 spiro atoms. The Labute approximate surface area is 209 Å². The molecule has 196 valence electrons. The Morgan fingerprint density at radius 2 is 1.59 bits per heavy atom. The minimum atomic E-state index is -1.39. The van der Waals surface area contributed by atoms with E-state index >= 15 is 0 Å². The number of aliphatic carboxylic acids is 1. The van der Waals surface area contributed by atoms with Crippen molar-refractivity contribution in [3.05, 3.63) is 70.5 Å². The lowest BCUT2D eigenvalue weighted by Crippen LogP contribution is -2.64. The fraction of sp³-hybridized carbons (Fsp3) is 0.320. The summed E-state index contributed by atoms with van der Waals surface area (Å²) in [6.07, 6.45) is -1.71. The van der Waals surface area contributed by atoms with Crippen LogP contribution in [0.25, 0.3) is 5.57 Å². The van der Waals surface area contributed by atoms with Gasteiger partial charge in [0, 0.05) is 13.1 Å². The quantitative estimate of drug-likeness (QED) is 0.371. The molecule has 2 unspecified atom stereocenters. The second-order valence-electron chi connectivity index (χ2n) is 8.77. The zero-order valence-electron chi connectivity index (χ0n) is 19.4. The summed E-state index contributed by atoms with van der Waals surface area (Å²) >= 11 is 0. The molecule has 2 amide bonds. The molecule has 2 aliphatic rings. The summed E-state index contributed by atoms with van der Waals surface area (Å²) in [6.45, 7) is -0.422. The van der Waals surface area contributed by atoms with Crippen molar-refractivity contribution < 1.29 is 47.6 Å². The number of carbonyl (C=O) groups is 3. The van der Waals surface area contributed by atoms with E-state index in [1.807, 2.05) is 0 Å². The summed E-state index contributed by atoms with van der Waals surface area (Å²) in [4.78, 5) is 37.6. The van der Waals surface area contributed by atoms with E-state index in [1.165, 1.54) is 0 Å². The van der Waals surface area contributed by atoms with Crippen molar-refractivity contribution in [1.29, 1.82) is 0 Å². The van der Waals surface area contributed by atoms with Crippen molar-refractivity contribution >= 4 is 23.7 Å². The topological polar surface area (TPSA) is 128 Å². The smallest absolute Gasteiger partial charge is 0.408 e. The van der Waals surface area contributed by atoms with Crippen LogP contribution < -0.4 is 4.74 Å². The van der Waals surface area contributed by atoms with Gasteiger partial charge in [-0.1, -0.05) is 24.3 Å². The third-order valence-electron chi connectivity index (χ3n) is 6.53. The van der Waals surface area contributed by atoms with E-state index in [2.05, 4.69) is 0 Å². The molecule has 12 heteroatoms. The van der Waals surface area contributed by atoms with Crippen LogP contribution in [0.1, 0.15) is 24.0 Å². The van der Waals surface area contributed by atoms with Crippen molar-refractivity contribution in [2.24, 2.45) is 0 Å². The second-order valence-corrected chi connectivity index (χ2v) is 8.77. The van der Waals surface area contributed by atoms with E-state index < -0.39 is 53.4 Å². The van der Waals surface area contributed by atoms with Crippen molar-refractivity contribution in [3.8, 4) is 5.75 Å². The van der Waals surface area contributed by atoms with Gasteiger partial charge >= 0.3 is 18.2 Å². The maximum atomic E-state index is 13.7. The van der Waals surface area contributed by atoms with E-state index in [1.54, 1.807) is 24.3 Å². The minimum absolute atomic E-state index is 0.0339. The van der Waals surface area contributed by atoms with Gasteiger partial charge in [-0.05, 0) is 48.1 Å². The Kier molecular flexibility index (Phi) is 7.28. The molecule has 2 aliphatic heterocycles. The van der Waals surface area contributed by atoms with Crippen molar-refractivity contribution in [1.82, 2.24) is 9.80 Å². The summed E-state index contributed by atoms with van der Waals surface area (Å²) in [7, 11) is 0. The van der Waals surface area contributed by atoms with Crippen LogP contribution in [0.15, 0.2) is 42.0 Å². The molecule has 4 rings (SSSR count). The van der Waals surface area contributed by atoms with Gasteiger partial charge in [0.2, 0.25) is 5.82 Å². The number of carboxylic acid groups (broad SMARTS) is 3. The molecule has 3 N–H and O–H groups in total. The maximum Gasteiger partial charge on any atom is 0.408 e. The summed E-state index contributed by atoms with van der Waals surface area (Å²) in [5.74, 6) is -5.71. The average Bonchev–Trinajstić information content (AvgIpc) is 2.84. The normalized spacial score (nSPS) is 19.1. The highest BCUT2D eigenvalue weighted by Crippen LogP contribution is 2.38. The van der Waals surface area contributed by atoms with E-state index in [-0.39, 0.29) is 31.7 Å². The lowest BCUT2D eigenvalue weighted by molar-refractivity contribution is -0.133. The highest BCUT2D eigenvalue weighted by molar-refractivity contribution is 5.99. The number of carboxylic acids is 1. The fourth-order valence-electron chi connectivity index (χ4n) is 4.86. The number of ether oxygens (including phenoxy) is 1. The van der Waals surface area contributed by atoms with Crippen LogP contribution in [0, 0.1) is 17.5 Å². The molecular weight excluding hydrogens is 497 g/mol. The third kappa shape index (κ3) is 5.18. The summed E-state index contributed by atoms with van der Waals surface area (Å²) < 4.78 is 45.7. The average molecular weight is 520 g/mol. The predicted octanol–water partition coefficient (Wildman–Crippen LogP) is 4.07. The van der Waals surface area contributed by atoms with Gasteiger partial charge in [0.1, 0.15) is 0 Å². The van der Waals surface area contributed by atoms with Gasteiger partial charge in [0.15, 0.2) is 17.4 Å². The molecule has 2 aromatic carbocycles. The molecule has 37 heavy (non-hydrogen) atoms. The Morgan fingerprint density at radius 1 is 0.919 bits per heavy atom. The first-order chi connectivity index (χ1) is 17.6. The number of benzene rings is 2. The number of rotatable bonds is 7. The lowest BCUT2D eigenvalue weighted by atomic mass is 9.82. The molecule has 2 atom stereocenters. The highest BCUT2D eigenvalue weighted by Gasteiger charge is 2.47. The van der Waals surface area contributed by atoms with E-state index in [4.69, 9.17) is 4.74 Å². The van der Waals surface area contributed by atoms with Crippen LogP contribution >= 0.6 is 0 Å². The molecule has 1 fully saturated rings. The molecule has 2 bridgehead atoms. The van der Waals surface area contributed by atoms with Crippen LogP contribution in [0.2, 0.25) is 0 Å². The van der Waals surface area contributed by atoms with Gasteiger partial charge in [-0.2, -0.15) is 4.39 Å². The molecule has 0 aliphatic carbocycles. The molecule has 0 radical (unpaired) electrons. The van der Waals surface area contributed by atoms with Crippen LogP contribution in [0.5, 0.6) is 5.75 Å². The third-order valence-corrected chi connectivity index (χ3v) is 6.53. The van der Waals surface area contributed by atoms with Gasteiger partial charge in [0.05, 0.1) is 24.3 Å². The summed E-state index contributed by atoms with van der Waals surface area (Å²) in [5.41, 5.74) is 1.68. The monoisotopic (exact) mass is 520 g/mol. The number of aryl methyl sites for hydroxylation is 1. The number of fused-ring (bicyclic) bond motifs is 2. The Balaban J connectivity index is 1.49. The first kappa shape index (κ1) is 25.9. The van der Waals surface area contributed by atoms with Gasteiger partial charge in [0.25, 0.3) is 0 Å². The standard InChI is InChI=1S/C25H23F3N2O7/c26-17-7-8-18(27)22(21(17)28)37-9-1-2-13-3-5-14(6-4-13)16-10-15-11-29(24(33)34)12-19(20(16)23(31)32)30(15)25(35)36/h3-8,15,19H,1-2,9-12H2,(H,31,32)(H,33,34)(H,35,36). The zero-order valence-corrected chi connectivity index (χ0v) is 19.4. The maximum absolute atomic E-state index is 13.7. The second kappa shape index (κ2) is 10.4. The summed E-state index contributed by atoms with van der Waals surface area (Å²) in [6, 6.07) is 6.46. The number of piperazine rings is 1. The number of amides is 2. The predicted molar refractivity (Wildman–Crippen MR) is 123 cm³/mol. The molecule has 1 saturated heterocycles. The van der Waals surface area contributed by atoms with Crippen molar-refractivity contribution in [2.45, 2.75) is 31.3 Å². The van der Waals surface area contributed by atoms with E-state index in [0.717, 1.165) is 21.4 Å². The number of hydrogen-bond donors (Lipinski definition) is 3. The van der Waals surface area contributed by atoms with Gasteiger partial charge in [-0.3, -0.25) is 4.90 Å². The van der Waals surface area contributed by atoms with E-state index in [9.17, 15) is 42.9 Å². The van der Waals surface area contributed by atoms with Crippen LogP contribution in [-0.2, 0) is 11.2 Å². The molecule has 9 nitrogen and oxygen atoms in total. The van der Waals surface area contributed by atoms with Crippen LogP contribution in [0.4, 0.5) is 22.8 Å². The Hall–Kier alpha value is -4.22.